The third-order valence-electron chi connectivity index (χ3n) is 11.7. The smallest absolute Gasteiger partial charge is 0.328 e. The monoisotopic (exact) mass is 765 g/mol. The minimum atomic E-state index is -0.394. The SMILES string of the molecule is CN1CCC2(CC1)CCN(c1ccc(Cl)c(N3CCC(=O)NC3=O)c1)CC2.COc1cc2nn(C3CCCCC3)cc2cc1NC(=O)c1cncc(C#N)c1. The van der Waals surface area contributed by atoms with Crippen LogP contribution in [-0.4, -0.2) is 84.4 Å². The summed E-state index contributed by atoms with van der Waals surface area (Å²) in [4.78, 5) is 46.5. The number of imide groups is 1. The standard InChI is InChI=1S/C21H21N5O2.C20H27ClN4O2/c1-28-20-9-18-16(13-26(25-18)17-5-3-2-4-6-17)8-19(20)24-21(27)15-7-14(10-22)11-23-12-15;1-23-10-5-20(6-11-23)7-12-24(13-8-20)15-2-3-16(21)17(14-15)25-9-4-18(26)22-19(25)27/h7-9,11-13,17H,2-6H2,1H3,(H,24,27);2-3,14H,4-13H2,1H3,(H,22,26,27). The van der Waals surface area contributed by atoms with Crippen molar-refractivity contribution < 1.29 is 19.1 Å². The lowest BCUT2D eigenvalue weighted by Crippen LogP contribution is -2.49. The van der Waals surface area contributed by atoms with Crippen LogP contribution in [0.1, 0.15) is 86.2 Å². The average Bonchev–Trinajstić information content (AvgIpc) is 3.63. The van der Waals surface area contributed by atoms with Crippen LogP contribution in [0, 0.1) is 16.7 Å². The lowest BCUT2D eigenvalue weighted by atomic mass is 9.71. The highest BCUT2D eigenvalue weighted by molar-refractivity contribution is 6.34. The maximum atomic E-state index is 12.6. The van der Waals surface area contributed by atoms with Crippen LogP contribution < -0.4 is 25.2 Å². The summed E-state index contributed by atoms with van der Waals surface area (Å²) in [5.74, 6) is -0.0379. The van der Waals surface area contributed by atoms with Gasteiger partial charge in [0.25, 0.3) is 5.91 Å². The van der Waals surface area contributed by atoms with E-state index in [1.54, 1.807) is 12.0 Å². The van der Waals surface area contributed by atoms with Crippen molar-refractivity contribution in [3.05, 3.63) is 71.1 Å². The van der Waals surface area contributed by atoms with Gasteiger partial charge in [-0.15, -0.1) is 0 Å². The van der Waals surface area contributed by atoms with Gasteiger partial charge in [-0.1, -0.05) is 30.9 Å². The molecule has 55 heavy (non-hydrogen) atoms. The number of rotatable bonds is 6. The largest absolute Gasteiger partial charge is 0.494 e. The number of urea groups is 1. The van der Waals surface area contributed by atoms with Gasteiger partial charge in [0.2, 0.25) is 5.91 Å². The number of nitriles is 1. The number of ether oxygens (including phenoxy) is 1. The number of fused-ring (bicyclic) bond motifs is 1. The Morgan fingerprint density at radius 2 is 1.75 bits per heavy atom. The number of methoxy groups -OCH3 is 1. The number of carbonyl (C=O) groups excluding carboxylic acids is 3. The molecular formula is C41H48ClN9O4. The van der Waals surface area contributed by atoms with E-state index in [0.717, 1.165) is 42.5 Å². The van der Waals surface area contributed by atoms with Crippen LogP contribution in [0.5, 0.6) is 5.75 Å². The molecule has 3 aliphatic heterocycles. The van der Waals surface area contributed by atoms with Gasteiger partial charge < -0.3 is 19.9 Å². The number of anilines is 3. The molecule has 288 valence electrons. The number of halogens is 1. The predicted octanol–water partition coefficient (Wildman–Crippen LogP) is 7.17. The van der Waals surface area contributed by atoms with Crippen LogP contribution in [0.3, 0.4) is 0 Å². The zero-order chi connectivity index (χ0) is 38.5. The number of carbonyl (C=O) groups is 3. The number of amides is 4. The molecule has 14 heteroatoms. The van der Waals surface area contributed by atoms with E-state index >= 15 is 0 Å². The average molecular weight is 766 g/mol. The van der Waals surface area contributed by atoms with Crippen LogP contribution in [0.2, 0.25) is 5.02 Å². The molecule has 13 nitrogen and oxygen atoms in total. The molecule has 5 heterocycles. The fourth-order valence-corrected chi connectivity index (χ4v) is 8.44. The van der Waals surface area contributed by atoms with Crippen molar-refractivity contribution in [1.82, 2.24) is 25.0 Å². The molecule has 2 aromatic heterocycles. The van der Waals surface area contributed by atoms with Crippen LogP contribution >= 0.6 is 11.6 Å². The van der Waals surface area contributed by atoms with E-state index in [-0.39, 0.29) is 11.8 Å². The second-order valence-corrected chi connectivity index (χ2v) is 15.6. The Balaban J connectivity index is 0.000000169. The van der Waals surface area contributed by atoms with Gasteiger partial charge in [-0.25, -0.2) is 4.79 Å². The highest BCUT2D eigenvalue weighted by Gasteiger charge is 2.37. The lowest BCUT2D eigenvalue weighted by Gasteiger charge is -2.47. The van der Waals surface area contributed by atoms with Crippen molar-refractivity contribution in [3.63, 3.8) is 0 Å². The predicted molar refractivity (Wildman–Crippen MR) is 213 cm³/mol. The third kappa shape index (κ3) is 8.71. The maximum Gasteiger partial charge on any atom is 0.328 e. The molecule has 8 rings (SSSR count). The Labute approximate surface area is 326 Å². The summed E-state index contributed by atoms with van der Waals surface area (Å²) in [6.07, 6.45) is 16.3. The molecule has 1 spiro atoms. The molecule has 4 aliphatic rings. The summed E-state index contributed by atoms with van der Waals surface area (Å²) in [6, 6.07) is 13.1. The first-order chi connectivity index (χ1) is 26.6. The molecule has 2 aromatic carbocycles. The number of nitrogens with zero attached hydrogens (tertiary/aromatic N) is 7. The molecule has 4 fully saturated rings. The van der Waals surface area contributed by atoms with Gasteiger partial charge >= 0.3 is 6.03 Å². The fourth-order valence-electron chi connectivity index (χ4n) is 8.22. The van der Waals surface area contributed by atoms with Crippen molar-refractivity contribution in [2.24, 2.45) is 5.41 Å². The summed E-state index contributed by atoms with van der Waals surface area (Å²) in [5, 5.41) is 20.4. The Kier molecular flexibility index (Phi) is 11.5. The van der Waals surface area contributed by atoms with Gasteiger partial charge in [0, 0.05) is 61.8 Å². The number of pyridine rings is 1. The highest BCUT2D eigenvalue weighted by Crippen LogP contribution is 2.43. The molecule has 1 saturated carbocycles. The summed E-state index contributed by atoms with van der Waals surface area (Å²) >= 11 is 6.37. The molecule has 0 unspecified atom stereocenters. The van der Waals surface area contributed by atoms with Crippen LogP contribution in [0.25, 0.3) is 10.9 Å². The number of likely N-dealkylation sites (tertiary alicyclic amines) is 1. The number of aromatic nitrogens is 3. The van der Waals surface area contributed by atoms with E-state index in [0.29, 0.717) is 57.7 Å². The third-order valence-corrected chi connectivity index (χ3v) is 12.0. The van der Waals surface area contributed by atoms with Gasteiger partial charge in [-0.05, 0) is 94.4 Å². The molecule has 0 bridgehead atoms. The minimum absolute atomic E-state index is 0.233. The minimum Gasteiger partial charge on any atom is -0.494 e. The van der Waals surface area contributed by atoms with E-state index in [4.69, 9.17) is 26.7 Å². The number of nitrogens with one attached hydrogen (secondary N) is 2. The molecule has 1 aliphatic carbocycles. The van der Waals surface area contributed by atoms with Gasteiger partial charge in [-0.3, -0.25) is 29.5 Å². The number of benzene rings is 2. The lowest BCUT2D eigenvalue weighted by molar-refractivity contribution is -0.120. The number of hydrogen-bond acceptors (Lipinski definition) is 9. The van der Waals surface area contributed by atoms with Crippen molar-refractivity contribution in [3.8, 4) is 11.8 Å². The molecule has 2 N–H and O–H groups in total. The Morgan fingerprint density at radius 3 is 2.45 bits per heavy atom. The van der Waals surface area contributed by atoms with E-state index in [1.807, 2.05) is 42.6 Å². The van der Waals surface area contributed by atoms with Gasteiger partial charge in [0.1, 0.15) is 11.8 Å². The molecule has 0 atom stereocenters. The topological polar surface area (TPSA) is 149 Å². The summed E-state index contributed by atoms with van der Waals surface area (Å²) in [6.45, 7) is 4.84. The van der Waals surface area contributed by atoms with Crippen molar-refractivity contribution >= 4 is 57.4 Å². The van der Waals surface area contributed by atoms with Gasteiger partial charge in [-0.2, -0.15) is 10.4 Å². The highest BCUT2D eigenvalue weighted by atomic mass is 35.5. The van der Waals surface area contributed by atoms with Crippen molar-refractivity contribution in [2.75, 3.05) is 62.0 Å². The van der Waals surface area contributed by atoms with Crippen LogP contribution in [0.15, 0.2) is 55.0 Å². The van der Waals surface area contributed by atoms with Crippen LogP contribution in [0.4, 0.5) is 21.9 Å². The zero-order valence-corrected chi connectivity index (χ0v) is 32.3. The first-order valence-electron chi connectivity index (χ1n) is 19.2. The first kappa shape index (κ1) is 38.1. The summed E-state index contributed by atoms with van der Waals surface area (Å²) in [7, 11) is 3.77. The quantitative estimate of drug-likeness (QED) is 0.209. The van der Waals surface area contributed by atoms with E-state index in [9.17, 15) is 14.4 Å². The van der Waals surface area contributed by atoms with Crippen molar-refractivity contribution in [2.45, 2.75) is 70.3 Å². The Hall–Kier alpha value is -5.19. The first-order valence-corrected chi connectivity index (χ1v) is 19.6. The molecule has 0 radical (unpaired) electrons. The second kappa shape index (κ2) is 16.7. The number of piperidine rings is 2. The van der Waals surface area contributed by atoms with E-state index in [1.165, 1.54) is 76.5 Å². The second-order valence-electron chi connectivity index (χ2n) is 15.2. The normalized spacial score (nSPS) is 19.0. The molecule has 4 aromatic rings. The fraction of sp³-hybridized carbons (Fsp3) is 0.463. The Bertz CT molecular complexity index is 2090. The van der Waals surface area contributed by atoms with E-state index < -0.39 is 6.03 Å². The van der Waals surface area contributed by atoms with Crippen molar-refractivity contribution in [1.29, 1.82) is 5.26 Å². The zero-order valence-electron chi connectivity index (χ0n) is 31.5. The summed E-state index contributed by atoms with van der Waals surface area (Å²) in [5.41, 5.74) is 4.34. The maximum absolute atomic E-state index is 12.6. The van der Waals surface area contributed by atoms with E-state index in [2.05, 4.69) is 37.1 Å². The molecule has 3 saturated heterocycles. The van der Waals surface area contributed by atoms with Gasteiger partial charge in [0.05, 0.1) is 46.2 Å². The molecular weight excluding hydrogens is 718 g/mol. The van der Waals surface area contributed by atoms with Crippen LogP contribution in [-0.2, 0) is 4.79 Å². The molecule has 4 amide bonds. The Morgan fingerprint density at radius 1 is 1.00 bits per heavy atom. The van der Waals surface area contributed by atoms with Gasteiger partial charge in [0.15, 0.2) is 0 Å². The number of hydrogen-bond donors (Lipinski definition) is 2. The summed E-state index contributed by atoms with van der Waals surface area (Å²) < 4.78 is 7.51.